The Balaban J connectivity index is 2.06. The molecule has 1 fully saturated rings. The van der Waals surface area contributed by atoms with Crippen molar-refractivity contribution in [2.45, 2.75) is 64.8 Å². The van der Waals surface area contributed by atoms with Gasteiger partial charge >= 0.3 is 0 Å². The Labute approximate surface area is 117 Å². The molecular weight excluding hydrogens is 234 g/mol. The summed E-state index contributed by atoms with van der Waals surface area (Å²) in [6.07, 6.45) is 11.3. The first-order valence-electron chi connectivity index (χ1n) is 7.88. The molecule has 0 radical (unpaired) electrons. The monoisotopic (exact) mass is 263 g/mol. The van der Waals surface area contributed by atoms with E-state index in [0.717, 1.165) is 19.4 Å². The third-order valence-electron chi connectivity index (χ3n) is 4.73. The van der Waals surface area contributed by atoms with Crippen molar-refractivity contribution in [3.05, 3.63) is 18.0 Å². The first kappa shape index (κ1) is 14.6. The Kier molecular flexibility index (Phi) is 5.03. The van der Waals surface area contributed by atoms with E-state index in [2.05, 4.69) is 43.2 Å². The summed E-state index contributed by atoms with van der Waals surface area (Å²) in [7, 11) is 2.08. The Morgan fingerprint density at radius 1 is 1.37 bits per heavy atom. The fourth-order valence-corrected chi connectivity index (χ4v) is 3.38. The van der Waals surface area contributed by atoms with Gasteiger partial charge in [-0.25, -0.2) is 0 Å². The van der Waals surface area contributed by atoms with Gasteiger partial charge in [-0.2, -0.15) is 5.10 Å². The lowest BCUT2D eigenvalue weighted by molar-refractivity contribution is 0.182. The van der Waals surface area contributed by atoms with Gasteiger partial charge in [0.2, 0.25) is 0 Å². The van der Waals surface area contributed by atoms with Crippen molar-refractivity contribution in [1.82, 2.24) is 15.1 Å². The fourth-order valence-electron chi connectivity index (χ4n) is 3.38. The molecular formula is C16H29N3. The summed E-state index contributed by atoms with van der Waals surface area (Å²) in [4.78, 5) is 0. The molecule has 3 nitrogen and oxygen atoms in total. The van der Waals surface area contributed by atoms with E-state index >= 15 is 0 Å². The molecule has 2 rings (SSSR count). The molecule has 0 amide bonds. The zero-order valence-electron chi connectivity index (χ0n) is 12.8. The Morgan fingerprint density at radius 2 is 2.11 bits per heavy atom. The molecule has 0 aromatic carbocycles. The van der Waals surface area contributed by atoms with Gasteiger partial charge in [0.25, 0.3) is 0 Å². The molecule has 0 bridgehead atoms. The molecule has 1 aromatic rings. The molecule has 19 heavy (non-hydrogen) atoms. The van der Waals surface area contributed by atoms with Crippen molar-refractivity contribution in [3.8, 4) is 0 Å². The summed E-state index contributed by atoms with van der Waals surface area (Å²) in [5.74, 6) is 0. The van der Waals surface area contributed by atoms with Gasteiger partial charge in [-0.3, -0.25) is 4.68 Å². The maximum Gasteiger partial charge on any atom is 0.0630 e. The molecule has 0 saturated heterocycles. The first-order chi connectivity index (χ1) is 9.19. The molecule has 1 saturated carbocycles. The molecule has 1 aromatic heterocycles. The van der Waals surface area contributed by atoms with E-state index in [1.807, 2.05) is 0 Å². The van der Waals surface area contributed by atoms with Crippen LogP contribution in [0.1, 0.15) is 64.1 Å². The van der Waals surface area contributed by atoms with E-state index in [0.29, 0.717) is 11.5 Å². The van der Waals surface area contributed by atoms with Crippen molar-refractivity contribution in [2.24, 2.45) is 5.41 Å². The minimum Gasteiger partial charge on any atom is -0.319 e. The Bertz CT molecular complexity index is 372. The average Bonchev–Trinajstić information content (AvgIpc) is 2.87. The summed E-state index contributed by atoms with van der Waals surface area (Å²) >= 11 is 0. The molecule has 1 aliphatic carbocycles. The maximum atomic E-state index is 4.79. The number of hydrogen-bond acceptors (Lipinski definition) is 2. The highest BCUT2D eigenvalue weighted by atomic mass is 15.3. The molecule has 1 atom stereocenters. The second kappa shape index (κ2) is 6.56. The number of hydrogen-bond donors (Lipinski definition) is 1. The van der Waals surface area contributed by atoms with E-state index in [1.165, 1.54) is 37.8 Å². The van der Waals surface area contributed by atoms with Crippen molar-refractivity contribution < 1.29 is 0 Å². The van der Waals surface area contributed by atoms with Crippen molar-refractivity contribution in [2.75, 3.05) is 13.6 Å². The van der Waals surface area contributed by atoms with Crippen LogP contribution in [0.15, 0.2) is 12.3 Å². The highest BCUT2D eigenvalue weighted by Crippen LogP contribution is 2.38. The number of nitrogens with one attached hydrogen (secondary N) is 1. The Morgan fingerprint density at radius 3 is 2.74 bits per heavy atom. The lowest BCUT2D eigenvalue weighted by Crippen LogP contribution is -2.36. The Hall–Kier alpha value is -0.830. The van der Waals surface area contributed by atoms with Crippen LogP contribution in [0.2, 0.25) is 0 Å². The van der Waals surface area contributed by atoms with Crippen molar-refractivity contribution in [1.29, 1.82) is 0 Å². The van der Waals surface area contributed by atoms with Gasteiger partial charge in [0, 0.05) is 18.8 Å². The maximum absolute atomic E-state index is 4.79. The number of rotatable bonds is 6. The molecule has 1 heterocycles. The minimum atomic E-state index is 0.446. The van der Waals surface area contributed by atoms with Crippen LogP contribution in [0, 0.1) is 5.41 Å². The third kappa shape index (κ3) is 3.59. The lowest BCUT2D eigenvalue weighted by Gasteiger charge is -2.37. The molecule has 0 spiro atoms. The fraction of sp³-hybridized carbons (Fsp3) is 0.812. The molecule has 0 aliphatic heterocycles. The van der Waals surface area contributed by atoms with Crippen LogP contribution in [0.25, 0.3) is 0 Å². The van der Waals surface area contributed by atoms with E-state index in [1.54, 1.807) is 0 Å². The molecule has 1 aliphatic rings. The lowest BCUT2D eigenvalue weighted by atomic mass is 9.71. The second-order valence-corrected chi connectivity index (χ2v) is 6.31. The quantitative estimate of drug-likeness (QED) is 0.850. The predicted molar refractivity (Wildman–Crippen MR) is 80.4 cm³/mol. The normalized spacial score (nSPS) is 20.4. The number of aromatic nitrogens is 2. The average molecular weight is 263 g/mol. The van der Waals surface area contributed by atoms with Crippen molar-refractivity contribution >= 4 is 0 Å². The number of nitrogens with zero attached hydrogens (tertiary/aromatic N) is 2. The predicted octanol–water partition coefficient (Wildman–Crippen LogP) is 3.57. The van der Waals surface area contributed by atoms with Gasteiger partial charge in [-0.15, -0.1) is 0 Å². The highest BCUT2D eigenvalue weighted by Gasteiger charge is 2.32. The summed E-state index contributed by atoms with van der Waals surface area (Å²) in [6.45, 7) is 5.58. The van der Waals surface area contributed by atoms with Gasteiger partial charge < -0.3 is 5.32 Å². The third-order valence-corrected chi connectivity index (χ3v) is 4.73. The van der Waals surface area contributed by atoms with E-state index in [4.69, 9.17) is 5.10 Å². The summed E-state index contributed by atoms with van der Waals surface area (Å²) < 4.78 is 2.13. The van der Waals surface area contributed by atoms with Crippen LogP contribution in [0.5, 0.6) is 0 Å². The molecule has 3 heteroatoms. The zero-order valence-corrected chi connectivity index (χ0v) is 12.8. The topological polar surface area (TPSA) is 29.9 Å². The van der Waals surface area contributed by atoms with Crippen molar-refractivity contribution in [3.63, 3.8) is 0 Å². The summed E-state index contributed by atoms with van der Waals surface area (Å²) in [6, 6.07) is 2.73. The standard InChI is InChI=1S/C16H29N3/c1-4-14(2)19-11-8-15(18-19)12-16(13-17-3)9-6-5-7-10-16/h8,11,14,17H,4-7,9-10,12-13H2,1-3H3. The van der Waals surface area contributed by atoms with E-state index < -0.39 is 0 Å². The molecule has 1 unspecified atom stereocenters. The van der Waals surface area contributed by atoms with Crippen LogP contribution >= 0.6 is 0 Å². The molecule has 108 valence electrons. The minimum absolute atomic E-state index is 0.446. The van der Waals surface area contributed by atoms with Crippen LogP contribution < -0.4 is 5.32 Å². The summed E-state index contributed by atoms with van der Waals surface area (Å²) in [5.41, 5.74) is 1.72. The van der Waals surface area contributed by atoms with Gasteiger partial charge in [0.1, 0.15) is 0 Å². The van der Waals surface area contributed by atoms with E-state index in [9.17, 15) is 0 Å². The largest absolute Gasteiger partial charge is 0.319 e. The van der Waals surface area contributed by atoms with Gasteiger partial charge in [-0.05, 0) is 51.1 Å². The highest BCUT2D eigenvalue weighted by molar-refractivity contribution is 5.05. The van der Waals surface area contributed by atoms with E-state index in [-0.39, 0.29) is 0 Å². The SMILES string of the molecule is CCC(C)n1ccc(CC2(CNC)CCCCC2)n1. The first-order valence-corrected chi connectivity index (χ1v) is 7.88. The van der Waals surface area contributed by atoms with Crippen LogP contribution in [0.4, 0.5) is 0 Å². The van der Waals surface area contributed by atoms with Crippen LogP contribution in [-0.2, 0) is 6.42 Å². The molecule has 1 N–H and O–H groups in total. The zero-order chi connectivity index (χ0) is 13.7. The smallest absolute Gasteiger partial charge is 0.0630 e. The van der Waals surface area contributed by atoms with Crippen LogP contribution in [-0.4, -0.2) is 23.4 Å². The van der Waals surface area contributed by atoms with Crippen LogP contribution in [0.3, 0.4) is 0 Å². The summed E-state index contributed by atoms with van der Waals surface area (Å²) in [5, 5.41) is 8.20. The van der Waals surface area contributed by atoms with Gasteiger partial charge in [0.05, 0.1) is 5.69 Å². The van der Waals surface area contributed by atoms with Gasteiger partial charge in [-0.1, -0.05) is 26.2 Å². The van der Waals surface area contributed by atoms with Gasteiger partial charge in [0.15, 0.2) is 0 Å². The second-order valence-electron chi connectivity index (χ2n) is 6.31.